The van der Waals surface area contributed by atoms with Crippen molar-refractivity contribution >= 4 is 0 Å². The summed E-state index contributed by atoms with van der Waals surface area (Å²) < 4.78 is 13.6. The molecule has 0 spiro atoms. The Balaban J connectivity index is 3.00. The maximum Gasteiger partial charge on any atom is 0.123 e. The monoisotopic (exact) mass is 295 g/mol. The zero-order valence-corrected chi connectivity index (χ0v) is 14.0. The molecule has 4 heteroatoms. The van der Waals surface area contributed by atoms with Crippen molar-refractivity contribution in [1.29, 1.82) is 0 Å². The first-order valence-electron chi connectivity index (χ1n) is 7.71. The van der Waals surface area contributed by atoms with Gasteiger partial charge in [0, 0.05) is 31.7 Å². The minimum Gasteiger partial charge on any atom is -0.326 e. The standard InChI is InChI=1S/C17H30FN3/c1-13(2)12-21(10-9-20(4)5)17(14(3)19)15-7-6-8-16(18)11-15/h6-8,11,13-14,17H,9-10,12,19H2,1-5H3. The Kier molecular flexibility index (Phi) is 7.29. The van der Waals surface area contributed by atoms with Gasteiger partial charge in [0.2, 0.25) is 0 Å². The highest BCUT2D eigenvalue weighted by molar-refractivity contribution is 5.21. The van der Waals surface area contributed by atoms with Crippen LogP contribution in [-0.2, 0) is 0 Å². The second kappa shape index (κ2) is 8.47. The Bertz CT molecular complexity index is 418. The molecular formula is C17H30FN3. The van der Waals surface area contributed by atoms with Crippen LogP contribution in [0.15, 0.2) is 24.3 Å². The molecule has 3 nitrogen and oxygen atoms in total. The topological polar surface area (TPSA) is 32.5 Å². The van der Waals surface area contributed by atoms with E-state index in [0.717, 1.165) is 25.2 Å². The van der Waals surface area contributed by atoms with Crippen molar-refractivity contribution in [2.45, 2.75) is 32.9 Å². The van der Waals surface area contributed by atoms with Gasteiger partial charge in [0.25, 0.3) is 0 Å². The van der Waals surface area contributed by atoms with Gasteiger partial charge in [-0.1, -0.05) is 26.0 Å². The predicted octanol–water partition coefficient (Wildman–Crippen LogP) is 2.73. The molecule has 0 saturated heterocycles. The molecule has 0 aliphatic carbocycles. The van der Waals surface area contributed by atoms with E-state index in [1.54, 1.807) is 12.1 Å². The number of hydrogen-bond acceptors (Lipinski definition) is 3. The number of halogens is 1. The van der Waals surface area contributed by atoms with Crippen LogP contribution in [0.2, 0.25) is 0 Å². The maximum absolute atomic E-state index is 13.6. The molecule has 0 amide bonds. The quantitative estimate of drug-likeness (QED) is 0.800. The van der Waals surface area contributed by atoms with E-state index in [1.165, 1.54) is 6.07 Å². The van der Waals surface area contributed by atoms with E-state index in [4.69, 9.17) is 5.73 Å². The highest BCUT2D eigenvalue weighted by atomic mass is 19.1. The van der Waals surface area contributed by atoms with Crippen LogP contribution in [0.4, 0.5) is 4.39 Å². The van der Waals surface area contributed by atoms with E-state index in [0.29, 0.717) is 5.92 Å². The Morgan fingerprint density at radius 1 is 1.14 bits per heavy atom. The SMILES string of the molecule is CC(C)CN(CCN(C)C)C(c1cccc(F)c1)C(C)N. The number of benzene rings is 1. The van der Waals surface area contributed by atoms with E-state index >= 15 is 0 Å². The molecule has 0 saturated carbocycles. The van der Waals surface area contributed by atoms with Crippen molar-refractivity contribution in [3.05, 3.63) is 35.6 Å². The van der Waals surface area contributed by atoms with Crippen molar-refractivity contribution in [3.63, 3.8) is 0 Å². The molecule has 2 atom stereocenters. The Morgan fingerprint density at radius 3 is 2.29 bits per heavy atom. The zero-order chi connectivity index (χ0) is 16.0. The third-order valence-electron chi connectivity index (χ3n) is 3.52. The summed E-state index contributed by atoms with van der Waals surface area (Å²) in [5, 5.41) is 0. The van der Waals surface area contributed by atoms with Gasteiger partial charge in [0.05, 0.1) is 0 Å². The summed E-state index contributed by atoms with van der Waals surface area (Å²) in [6, 6.07) is 6.82. The second-order valence-corrected chi connectivity index (χ2v) is 6.55. The number of likely N-dealkylation sites (N-methyl/N-ethyl adjacent to an activating group) is 1. The van der Waals surface area contributed by atoms with Crippen molar-refractivity contribution in [3.8, 4) is 0 Å². The molecule has 0 heterocycles. The molecule has 2 N–H and O–H groups in total. The molecule has 2 unspecified atom stereocenters. The van der Waals surface area contributed by atoms with Gasteiger partial charge in [0.1, 0.15) is 5.82 Å². The van der Waals surface area contributed by atoms with E-state index in [-0.39, 0.29) is 17.9 Å². The summed E-state index contributed by atoms with van der Waals surface area (Å²) in [4.78, 5) is 4.54. The lowest BCUT2D eigenvalue weighted by Gasteiger charge is -2.36. The van der Waals surface area contributed by atoms with Crippen LogP contribution in [0.3, 0.4) is 0 Å². The van der Waals surface area contributed by atoms with Crippen molar-refractivity contribution < 1.29 is 4.39 Å². The van der Waals surface area contributed by atoms with Gasteiger partial charge in [-0.2, -0.15) is 0 Å². The Hall–Kier alpha value is -0.970. The van der Waals surface area contributed by atoms with Crippen LogP contribution in [0.1, 0.15) is 32.4 Å². The minimum absolute atomic E-state index is 0.0445. The van der Waals surface area contributed by atoms with Crippen molar-refractivity contribution in [2.24, 2.45) is 11.7 Å². The Morgan fingerprint density at radius 2 is 1.81 bits per heavy atom. The van der Waals surface area contributed by atoms with E-state index in [9.17, 15) is 4.39 Å². The van der Waals surface area contributed by atoms with Gasteiger partial charge < -0.3 is 10.6 Å². The normalized spacial score (nSPS) is 15.0. The predicted molar refractivity (Wildman–Crippen MR) is 87.8 cm³/mol. The summed E-state index contributed by atoms with van der Waals surface area (Å²) in [5.41, 5.74) is 7.19. The average Bonchev–Trinajstić information content (AvgIpc) is 2.35. The Labute approximate surface area is 128 Å². The molecule has 0 aliphatic rings. The van der Waals surface area contributed by atoms with Gasteiger partial charge in [-0.3, -0.25) is 4.90 Å². The molecular weight excluding hydrogens is 265 g/mol. The highest BCUT2D eigenvalue weighted by Gasteiger charge is 2.25. The van der Waals surface area contributed by atoms with Gasteiger partial charge in [-0.25, -0.2) is 4.39 Å². The minimum atomic E-state index is -0.199. The van der Waals surface area contributed by atoms with Gasteiger partial charge in [-0.15, -0.1) is 0 Å². The summed E-state index contributed by atoms with van der Waals surface area (Å²) in [7, 11) is 4.13. The number of rotatable bonds is 8. The molecule has 21 heavy (non-hydrogen) atoms. The fourth-order valence-corrected chi connectivity index (χ4v) is 2.68. The number of nitrogens with zero attached hydrogens (tertiary/aromatic N) is 2. The van der Waals surface area contributed by atoms with E-state index in [1.807, 2.05) is 13.0 Å². The summed E-state index contributed by atoms with van der Waals surface area (Å²) in [5.74, 6) is 0.345. The van der Waals surface area contributed by atoms with Crippen LogP contribution in [-0.4, -0.2) is 49.6 Å². The lowest BCUT2D eigenvalue weighted by atomic mass is 9.97. The first kappa shape index (κ1) is 18.1. The number of hydrogen-bond donors (Lipinski definition) is 1. The average molecular weight is 295 g/mol. The number of nitrogens with two attached hydrogens (primary N) is 1. The molecule has 0 bridgehead atoms. The first-order valence-corrected chi connectivity index (χ1v) is 7.71. The molecule has 1 aromatic carbocycles. The van der Waals surface area contributed by atoms with Crippen molar-refractivity contribution in [1.82, 2.24) is 9.80 Å². The summed E-state index contributed by atoms with van der Waals surface area (Å²) in [6.45, 7) is 9.24. The zero-order valence-electron chi connectivity index (χ0n) is 14.0. The summed E-state index contributed by atoms with van der Waals surface area (Å²) >= 11 is 0. The molecule has 0 aromatic heterocycles. The lowest BCUT2D eigenvalue weighted by molar-refractivity contribution is 0.144. The fourth-order valence-electron chi connectivity index (χ4n) is 2.68. The lowest BCUT2D eigenvalue weighted by Crippen LogP contribution is -2.44. The molecule has 0 radical (unpaired) electrons. The van der Waals surface area contributed by atoms with E-state index in [2.05, 4.69) is 37.7 Å². The molecule has 1 aromatic rings. The molecule has 0 aliphatic heterocycles. The van der Waals surface area contributed by atoms with Crippen molar-refractivity contribution in [2.75, 3.05) is 33.7 Å². The fraction of sp³-hybridized carbons (Fsp3) is 0.647. The smallest absolute Gasteiger partial charge is 0.123 e. The molecule has 120 valence electrons. The van der Waals surface area contributed by atoms with Gasteiger partial charge in [-0.05, 0) is 44.6 Å². The third-order valence-corrected chi connectivity index (χ3v) is 3.52. The highest BCUT2D eigenvalue weighted by Crippen LogP contribution is 2.25. The van der Waals surface area contributed by atoms with Crippen LogP contribution in [0, 0.1) is 11.7 Å². The van der Waals surface area contributed by atoms with Gasteiger partial charge >= 0.3 is 0 Å². The second-order valence-electron chi connectivity index (χ2n) is 6.55. The van der Waals surface area contributed by atoms with Crippen LogP contribution in [0.25, 0.3) is 0 Å². The third kappa shape index (κ3) is 6.12. The maximum atomic E-state index is 13.6. The molecule has 1 rings (SSSR count). The van der Waals surface area contributed by atoms with E-state index < -0.39 is 0 Å². The largest absolute Gasteiger partial charge is 0.326 e. The van der Waals surface area contributed by atoms with Gasteiger partial charge in [0.15, 0.2) is 0 Å². The van der Waals surface area contributed by atoms with Crippen LogP contribution in [0.5, 0.6) is 0 Å². The van der Waals surface area contributed by atoms with Crippen LogP contribution >= 0.6 is 0 Å². The first-order chi connectivity index (χ1) is 9.81. The molecule has 0 fully saturated rings. The summed E-state index contributed by atoms with van der Waals surface area (Å²) in [6.07, 6.45) is 0. The van der Waals surface area contributed by atoms with Crippen LogP contribution < -0.4 is 5.73 Å².